The second-order valence-electron chi connectivity index (χ2n) is 15.4. The number of nitrogens with one attached hydrogen (secondary N) is 2. The van der Waals surface area contributed by atoms with Crippen molar-refractivity contribution < 1.29 is 38.1 Å². The topological polar surface area (TPSA) is 189 Å². The SMILES string of the molecule is CO[C@H]1CCC(=O)[C@@H](C)C(=O)O[C@H](C)[C@H]2OC(=O)N(CCCCn3cc(-c4cccc(N)c4)nn3)[C@@H]2[C@@H](CCNCC(=O)OC(C)(C)C)NC[C@H](C)C1. The van der Waals surface area contributed by atoms with Crippen LogP contribution in [0.15, 0.2) is 30.5 Å². The van der Waals surface area contributed by atoms with Gasteiger partial charge in [-0.15, -0.1) is 5.10 Å². The van der Waals surface area contributed by atoms with Gasteiger partial charge in [-0.3, -0.25) is 24.0 Å². The van der Waals surface area contributed by atoms with E-state index in [0.29, 0.717) is 64.0 Å². The Kier molecular flexibility index (Phi) is 15.2. The Morgan fingerprint density at radius 2 is 1.87 bits per heavy atom. The summed E-state index contributed by atoms with van der Waals surface area (Å²) in [5.74, 6) is -2.03. The van der Waals surface area contributed by atoms with Gasteiger partial charge in [-0.05, 0) is 97.9 Å². The molecule has 0 aliphatic carbocycles. The maximum absolute atomic E-state index is 13.6. The predicted molar refractivity (Wildman–Crippen MR) is 199 cm³/mol. The normalized spacial score (nSPS) is 26.3. The number of hydrogen-bond acceptors (Lipinski definition) is 13. The largest absolute Gasteiger partial charge is 0.459 e. The lowest BCUT2D eigenvalue weighted by molar-refractivity contribution is -0.160. The van der Waals surface area contributed by atoms with Crippen LogP contribution >= 0.6 is 0 Å². The number of rotatable bonds is 12. The van der Waals surface area contributed by atoms with E-state index in [0.717, 1.165) is 11.3 Å². The first-order valence-corrected chi connectivity index (χ1v) is 18.8. The molecule has 0 bridgehead atoms. The fourth-order valence-corrected chi connectivity index (χ4v) is 6.85. The molecule has 0 unspecified atom stereocenters. The number of amides is 1. The number of hydrogen-bond donors (Lipinski definition) is 3. The molecule has 294 valence electrons. The number of esters is 2. The number of aromatic nitrogens is 3. The van der Waals surface area contributed by atoms with Gasteiger partial charge in [-0.25, -0.2) is 4.79 Å². The van der Waals surface area contributed by atoms with E-state index in [-0.39, 0.29) is 42.8 Å². The molecule has 0 spiro atoms. The molecule has 0 radical (unpaired) electrons. The standard InChI is InChI=1S/C38H59N7O8/c1-24-19-29(50-7)13-14-32(46)25(2)36(48)51-26(3)35-34(30(41-21-24)15-16-40-22-33(47)53-38(4,5)6)45(37(49)52-35)18-9-8-17-44-23-31(42-43-44)27-11-10-12-28(39)20-27/h10-12,20,23-26,29-30,34-35,40-41H,8-9,13-19,21-22,39H2,1-7H3/t24-,25-,26-,29+,30-,34-,35-/m1/s1. The monoisotopic (exact) mass is 741 g/mol. The number of Topliss-reactive ketones (excluding diaryl/α,β-unsaturated/α-hetero) is 1. The summed E-state index contributed by atoms with van der Waals surface area (Å²) < 4.78 is 24.8. The summed E-state index contributed by atoms with van der Waals surface area (Å²) in [6.45, 7) is 12.9. The summed E-state index contributed by atoms with van der Waals surface area (Å²) in [5, 5.41) is 15.5. The van der Waals surface area contributed by atoms with Crippen molar-refractivity contribution in [1.82, 2.24) is 30.5 Å². The number of methoxy groups -OCH3 is 1. The first-order valence-electron chi connectivity index (χ1n) is 18.8. The molecule has 15 heteroatoms. The Bertz CT molecular complexity index is 1530. The number of carbonyl (C=O) groups excluding carboxylic acids is 4. The number of carbonyl (C=O) groups is 4. The van der Waals surface area contributed by atoms with Crippen LogP contribution in [0.25, 0.3) is 11.3 Å². The third-order valence-electron chi connectivity index (χ3n) is 9.70. The number of benzene rings is 1. The van der Waals surface area contributed by atoms with E-state index < -0.39 is 41.8 Å². The zero-order valence-corrected chi connectivity index (χ0v) is 32.3. The van der Waals surface area contributed by atoms with Gasteiger partial charge in [0, 0.05) is 43.9 Å². The fourth-order valence-electron chi connectivity index (χ4n) is 6.85. The van der Waals surface area contributed by atoms with Crippen LogP contribution in [-0.4, -0.2) is 113 Å². The second kappa shape index (κ2) is 19.3. The molecular weight excluding hydrogens is 682 g/mol. The van der Waals surface area contributed by atoms with Crippen LogP contribution in [0.3, 0.4) is 0 Å². The predicted octanol–water partition coefficient (Wildman–Crippen LogP) is 3.75. The van der Waals surface area contributed by atoms with Gasteiger partial charge < -0.3 is 35.3 Å². The number of unbranched alkanes of at least 4 members (excludes halogenated alkanes) is 1. The maximum Gasteiger partial charge on any atom is 0.410 e. The van der Waals surface area contributed by atoms with E-state index in [9.17, 15) is 19.2 Å². The van der Waals surface area contributed by atoms with Crippen LogP contribution in [-0.2, 0) is 39.9 Å². The quantitative estimate of drug-likeness (QED) is 0.0939. The smallest absolute Gasteiger partial charge is 0.410 e. The van der Waals surface area contributed by atoms with E-state index in [4.69, 9.17) is 24.7 Å². The van der Waals surface area contributed by atoms with Gasteiger partial charge in [0.1, 0.15) is 29.1 Å². The van der Waals surface area contributed by atoms with Crippen molar-refractivity contribution in [1.29, 1.82) is 0 Å². The van der Waals surface area contributed by atoms with Crippen molar-refractivity contribution >= 4 is 29.5 Å². The third-order valence-corrected chi connectivity index (χ3v) is 9.70. The molecule has 4 N–H and O–H groups in total. The van der Waals surface area contributed by atoms with E-state index in [2.05, 4.69) is 27.9 Å². The van der Waals surface area contributed by atoms with E-state index in [1.54, 1.807) is 30.5 Å². The van der Waals surface area contributed by atoms with Crippen LogP contribution < -0.4 is 16.4 Å². The molecule has 53 heavy (non-hydrogen) atoms. The molecule has 1 aromatic heterocycles. The van der Waals surface area contributed by atoms with Crippen molar-refractivity contribution in [3.05, 3.63) is 30.5 Å². The van der Waals surface area contributed by atoms with Crippen LogP contribution in [0.2, 0.25) is 0 Å². The lowest BCUT2D eigenvalue weighted by atomic mass is 9.93. The lowest BCUT2D eigenvalue weighted by Crippen LogP contribution is -2.56. The summed E-state index contributed by atoms with van der Waals surface area (Å²) in [5.41, 5.74) is 7.59. The van der Waals surface area contributed by atoms with E-state index in [1.165, 1.54) is 0 Å². The highest BCUT2D eigenvalue weighted by Crippen LogP contribution is 2.29. The number of anilines is 1. The highest BCUT2D eigenvalue weighted by atomic mass is 16.6. The minimum atomic E-state index is -0.966. The number of ketones is 1. The number of fused-ring (bicyclic) bond motifs is 1. The van der Waals surface area contributed by atoms with Gasteiger partial charge in [0.2, 0.25) is 0 Å². The van der Waals surface area contributed by atoms with E-state index >= 15 is 0 Å². The molecule has 2 aliphatic heterocycles. The van der Waals surface area contributed by atoms with Gasteiger partial charge in [0.05, 0.1) is 24.9 Å². The molecule has 7 atom stereocenters. The third kappa shape index (κ3) is 12.5. The Morgan fingerprint density at radius 1 is 1.11 bits per heavy atom. The molecule has 4 rings (SSSR count). The summed E-state index contributed by atoms with van der Waals surface area (Å²) in [7, 11) is 1.63. The van der Waals surface area contributed by atoms with Gasteiger partial charge in [-0.2, -0.15) is 0 Å². The summed E-state index contributed by atoms with van der Waals surface area (Å²) in [4.78, 5) is 54.0. The Labute approximate surface area is 313 Å². The second-order valence-corrected chi connectivity index (χ2v) is 15.4. The Balaban J connectivity index is 1.52. The molecule has 2 fully saturated rings. The number of nitrogens with two attached hydrogens (primary N) is 1. The number of aryl methyl sites for hydroxylation is 1. The van der Waals surface area contributed by atoms with Crippen molar-refractivity contribution in [2.75, 3.05) is 39.0 Å². The molecule has 2 saturated heterocycles. The number of nitrogens with zero attached hydrogens (tertiary/aromatic N) is 4. The highest BCUT2D eigenvalue weighted by molar-refractivity contribution is 5.98. The van der Waals surface area contributed by atoms with Crippen LogP contribution in [0.4, 0.5) is 10.5 Å². The number of ether oxygens (including phenoxy) is 4. The van der Waals surface area contributed by atoms with Crippen molar-refractivity contribution in [3.8, 4) is 11.3 Å². The molecular formula is C38H59N7O8. The zero-order chi connectivity index (χ0) is 38.7. The number of cyclic esters (lactones) is 1. The van der Waals surface area contributed by atoms with Gasteiger partial charge >= 0.3 is 18.0 Å². The minimum Gasteiger partial charge on any atom is -0.459 e. The van der Waals surface area contributed by atoms with Crippen LogP contribution in [0.1, 0.15) is 80.1 Å². The maximum atomic E-state index is 13.6. The summed E-state index contributed by atoms with van der Waals surface area (Å²) >= 11 is 0. The van der Waals surface area contributed by atoms with Crippen LogP contribution in [0.5, 0.6) is 0 Å². The average molecular weight is 742 g/mol. The first kappa shape index (κ1) is 41.7. The molecule has 2 aromatic rings. The fraction of sp³-hybridized carbons (Fsp3) is 0.684. The first-order chi connectivity index (χ1) is 25.1. The summed E-state index contributed by atoms with van der Waals surface area (Å²) in [6, 6.07) is 6.65. The van der Waals surface area contributed by atoms with Gasteiger partial charge in [0.15, 0.2) is 6.10 Å². The number of nitrogen functional groups attached to an aromatic ring is 1. The van der Waals surface area contributed by atoms with Crippen LogP contribution in [0, 0.1) is 11.8 Å². The highest BCUT2D eigenvalue weighted by Gasteiger charge is 2.49. The molecule has 1 aromatic carbocycles. The molecule has 0 saturated carbocycles. The lowest BCUT2D eigenvalue weighted by Gasteiger charge is -2.35. The molecule has 3 heterocycles. The average Bonchev–Trinajstić information content (AvgIpc) is 3.70. The zero-order valence-electron chi connectivity index (χ0n) is 32.3. The van der Waals surface area contributed by atoms with Crippen molar-refractivity contribution in [2.45, 2.75) is 123 Å². The Hall–Kier alpha value is -4.08. The molecule has 2 aliphatic rings. The molecule has 15 nitrogen and oxygen atoms in total. The van der Waals surface area contributed by atoms with Gasteiger partial charge in [0.25, 0.3) is 0 Å². The van der Waals surface area contributed by atoms with Gasteiger partial charge in [-0.1, -0.05) is 24.3 Å². The molecule has 1 amide bonds. The Morgan fingerprint density at radius 3 is 2.58 bits per heavy atom. The van der Waals surface area contributed by atoms with E-state index in [1.807, 2.05) is 51.2 Å². The minimum absolute atomic E-state index is 0.0325. The van der Waals surface area contributed by atoms with Crippen molar-refractivity contribution in [3.63, 3.8) is 0 Å². The van der Waals surface area contributed by atoms with Crippen molar-refractivity contribution in [2.24, 2.45) is 11.8 Å². The summed E-state index contributed by atoms with van der Waals surface area (Å²) in [6.07, 6.45) is 2.84.